The normalized spacial score (nSPS) is 20.8. The van der Waals surface area contributed by atoms with E-state index in [0.29, 0.717) is 6.54 Å². The number of ketones is 1. The van der Waals surface area contributed by atoms with Crippen LogP contribution in [-0.4, -0.2) is 74.0 Å². The number of ether oxygens (including phenoxy) is 1. The molecule has 0 unspecified atom stereocenters. The van der Waals surface area contributed by atoms with Crippen molar-refractivity contribution in [2.45, 2.75) is 44.6 Å². The molecular weight excluding hydrogens is 418 g/mol. The second-order valence-electron chi connectivity index (χ2n) is 8.08. The summed E-state index contributed by atoms with van der Waals surface area (Å²) in [6.07, 6.45) is 6.43. The van der Waals surface area contributed by atoms with Crippen LogP contribution in [0.2, 0.25) is 0 Å². The van der Waals surface area contributed by atoms with Gasteiger partial charge in [-0.1, -0.05) is 26.2 Å². The fraction of sp³-hybridized carbons (Fsp3) is 0.682. The molecule has 156 valence electrons. The molecule has 1 aromatic carbocycles. The third kappa shape index (κ3) is 5.15. The van der Waals surface area contributed by atoms with Crippen LogP contribution in [0.15, 0.2) is 22.7 Å². The third-order valence-electron chi connectivity index (χ3n) is 6.49. The standard InChI is InChI=1S/C22H34BrN3O2/c1-3-25-11-13-26(14-12-25)22(9-5-4-6-10-22)17-24-16-20(27)18-7-8-21(28-2)19(23)15-18/h7-8,15,24H,3-6,9-14,16-17H2,1-2H3. The lowest BCUT2D eigenvalue weighted by atomic mass is 9.79. The van der Waals surface area contributed by atoms with Crippen LogP contribution in [0.25, 0.3) is 0 Å². The molecule has 0 bridgehead atoms. The Kier molecular flexibility index (Phi) is 7.92. The molecule has 6 heteroatoms. The Morgan fingerprint density at radius 2 is 1.89 bits per heavy atom. The van der Waals surface area contributed by atoms with E-state index in [1.807, 2.05) is 18.2 Å². The summed E-state index contributed by atoms with van der Waals surface area (Å²) in [6.45, 7) is 9.30. The predicted molar refractivity (Wildman–Crippen MR) is 117 cm³/mol. The van der Waals surface area contributed by atoms with Gasteiger partial charge in [0.2, 0.25) is 0 Å². The zero-order valence-corrected chi connectivity index (χ0v) is 18.9. The molecule has 2 fully saturated rings. The highest BCUT2D eigenvalue weighted by Gasteiger charge is 2.38. The minimum atomic E-state index is 0.130. The Hall–Kier alpha value is -0.950. The van der Waals surface area contributed by atoms with Crippen LogP contribution in [0.1, 0.15) is 49.4 Å². The highest BCUT2D eigenvalue weighted by atomic mass is 79.9. The van der Waals surface area contributed by atoms with Crippen molar-refractivity contribution < 1.29 is 9.53 Å². The average Bonchev–Trinajstić information content (AvgIpc) is 2.74. The molecular formula is C22H34BrN3O2. The van der Waals surface area contributed by atoms with Gasteiger partial charge in [-0.3, -0.25) is 9.69 Å². The van der Waals surface area contributed by atoms with Crippen molar-refractivity contribution in [3.8, 4) is 5.75 Å². The largest absolute Gasteiger partial charge is 0.496 e. The number of methoxy groups -OCH3 is 1. The predicted octanol–water partition coefficient (Wildman–Crippen LogP) is 3.57. The first kappa shape index (κ1) is 21.8. The molecule has 1 saturated carbocycles. The Morgan fingerprint density at radius 3 is 2.50 bits per heavy atom. The van der Waals surface area contributed by atoms with Gasteiger partial charge in [-0.25, -0.2) is 0 Å². The molecule has 5 nitrogen and oxygen atoms in total. The van der Waals surface area contributed by atoms with Crippen LogP contribution >= 0.6 is 15.9 Å². The van der Waals surface area contributed by atoms with Crippen molar-refractivity contribution in [1.29, 1.82) is 0 Å². The van der Waals surface area contributed by atoms with Gasteiger partial charge in [-0.2, -0.15) is 0 Å². The number of carbonyl (C=O) groups is 1. The summed E-state index contributed by atoms with van der Waals surface area (Å²) in [5.41, 5.74) is 0.938. The highest BCUT2D eigenvalue weighted by molar-refractivity contribution is 9.10. The number of Topliss-reactive ketones (excluding diaryl/α,β-unsaturated/α-hetero) is 1. The van der Waals surface area contributed by atoms with Gasteiger partial charge in [0.05, 0.1) is 18.1 Å². The van der Waals surface area contributed by atoms with E-state index in [2.05, 4.69) is 38.0 Å². The van der Waals surface area contributed by atoms with Crippen molar-refractivity contribution in [1.82, 2.24) is 15.1 Å². The van der Waals surface area contributed by atoms with Crippen LogP contribution in [0.3, 0.4) is 0 Å². The number of rotatable bonds is 8. The van der Waals surface area contributed by atoms with E-state index in [9.17, 15) is 4.79 Å². The van der Waals surface area contributed by atoms with Gasteiger partial charge in [0.15, 0.2) is 5.78 Å². The van der Waals surface area contributed by atoms with E-state index in [4.69, 9.17) is 4.74 Å². The zero-order chi connectivity index (χ0) is 20.0. The molecule has 1 aliphatic heterocycles. The number of piperazine rings is 1. The Bertz CT molecular complexity index is 653. The first-order valence-electron chi connectivity index (χ1n) is 10.6. The van der Waals surface area contributed by atoms with Crippen molar-refractivity contribution in [3.05, 3.63) is 28.2 Å². The smallest absolute Gasteiger partial charge is 0.176 e. The van der Waals surface area contributed by atoms with Crippen molar-refractivity contribution in [2.24, 2.45) is 0 Å². The van der Waals surface area contributed by atoms with E-state index >= 15 is 0 Å². The number of benzene rings is 1. The quantitative estimate of drug-likeness (QED) is 0.611. The Balaban J connectivity index is 1.58. The summed E-state index contributed by atoms with van der Waals surface area (Å²) >= 11 is 3.47. The number of likely N-dealkylation sites (N-methyl/N-ethyl adjacent to an activating group) is 1. The van der Waals surface area contributed by atoms with Crippen LogP contribution in [0, 0.1) is 0 Å². The van der Waals surface area contributed by atoms with Crippen molar-refractivity contribution in [2.75, 3.05) is 52.9 Å². The second kappa shape index (κ2) is 10.2. The molecule has 0 radical (unpaired) electrons. The number of hydrogen-bond donors (Lipinski definition) is 1. The van der Waals surface area contributed by atoms with E-state index in [1.165, 1.54) is 32.1 Å². The molecule has 0 aromatic heterocycles. The highest BCUT2D eigenvalue weighted by Crippen LogP contribution is 2.34. The van der Waals surface area contributed by atoms with Crippen molar-refractivity contribution >= 4 is 21.7 Å². The number of nitrogens with zero attached hydrogens (tertiary/aromatic N) is 2. The summed E-state index contributed by atoms with van der Waals surface area (Å²) in [5, 5.41) is 3.51. The van der Waals surface area contributed by atoms with Gasteiger partial charge in [-0.15, -0.1) is 0 Å². The minimum absolute atomic E-state index is 0.130. The van der Waals surface area contributed by atoms with E-state index in [-0.39, 0.29) is 11.3 Å². The number of halogens is 1. The molecule has 1 saturated heterocycles. The van der Waals surface area contributed by atoms with Gasteiger partial charge in [0.25, 0.3) is 0 Å². The van der Waals surface area contributed by atoms with Crippen LogP contribution in [-0.2, 0) is 0 Å². The number of nitrogens with one attached hydrogen (secondary N) is 1. The third-order valence-corrected chi connectivity index (χ3v) is 7.11. The van der Waals surface area contributed by atoms with Gasteiger partial charge in [0, 0.05) is 43.8 Å². The summed E-state index contributed by atoms with van der Waals surface area (Å²) in [4.78, 5) is 17.9. The van der Waals surface area contributed by atoms with Gasteiger partial charge >= 0.3 is 0 Å². The lowest BCUT2D eigenvalue weighted by Crippen LogP contribution is -2.61. The van der Waals surface area contributed by atoms with Crippen LogP contribution < -0.4 is 10.1 Å². The topological polar surface area (TPSA) is 44.8 Å². The SMILES string of the molecule is CCN1CCN(C2(CNCC(=O)c3ccc(OC)c(Br)c3)CCCCC2)CC1. The number of hydrogen-bond acceptors (Lipinski definition) is 5. The fourth-order valence-corrected chi connectivity index (χ4v) is 5.24. The molecule has 1 N–H and O–H groups in total. The summed E-state index contributed by atoms with van der Waals surface area (Å²) in [5.74, 6) is 0.877. The minimum Gasteiger partial charge on any atom is -0.496 e. The molecule has 3 rings (SSSR count). The maximum absolute atomic E-state index is 12.7. The molecule has 1 heterocycles. The van der Waals surface area contributed by atoms with Crippen LogP contribution in [0.4, 0.5) is 0 Å². The van der Waals surface area contributed by atoms with E-state index in [1.54, 1.807) is 7.11 Å². The van der Waals surface area contributed by atoms with E-state index in [0.717, 1.165) is 55.1 Å². The molecule has 0 atom stereocenters. The van der Waals surface area contributed by atoms with Gasteiger partial charge in [0.1, 0.15) is 5.75 Å². The van der Waals surface area contributed by atoms with Gasteiger partial charge < -0.3 is 15.0 Å². The molecule has 1 aliphatic carbocycles. The number of carbonyl (C=O) groups excluding carboxylic acids is 1. The second-order valence-corrected chi connectivity index (χ2v) is 8.94. The Morgan fingerprint density at radius 1 is 1.18 bits per heavy atom. The molecule has 0 spiro atoms. The summed E-state index contributed by atoms with van der Waals surface area (Å²) in [7, 11) is 1.63. The van der Waals surface area contributed by atoms with Crippen LogP contribution in [0.5, 0.6) is 5.75 Å². The lowest BCUT2D eigenvalue weighted by Gasteiger charge is -2.50. The average molecular weight is 452 g/mol. The first-order valence-corrected chi connectivity index (χ1v) is 11.4. The fourth-order valence-electron chi connectivity index (χ4n) is 4.70. The van der Waals surface area contributed by atoms with E-state index < -0.39 is 0 Å². The monoisotopic (exact) mass is 451 g/mol. The molecule has 0 amide bonds. The van der Waals surface area contributed by atoms with Gasteiger partial charge in [-0.05, 0) is 53.5 Å². The molecule has 2 aliphatic rings. The molecule has 1 aromatic rings. The maximum Gasteiger partial charge on any atom is 0.176 e. The summed E-state index contributed by atoms with van der Waals surface area (Å²) < 4.78 is 6.07. The molecule has 28 heavy (non-hydrogen) atoms. The summed E-state index contributed by atoms with van der Waals surface area (Å²) in [6, 6.07) is 5.53. The first-order chi connectivity index (χ1) is 13.6. The Labute approximate surface area is 177 Å². The zero-order valence-electron chi connectivity index (χ0n) is 17.3. The lowest BCUT2D eigenvalue weighted by molar-refractivity contribution is 0.00929. The maximum atomic E-state index is 12.7. The van der Waals surface area contributed by atoms with Crippen molar-refractivity contribution in [3.63, 3.8) is 0 Å².